The molecule has 0 saturated carbocycles. The third-order valence-electron chi connectivity index (χ3n) is 3.67. The van der Waals surface area contributed by atoms with Crippen LogP contribution in [0.15, 0.2) is 33.2 Å². The molecule has 0 fully saturated rings. The van der Waals surface area contributed by atoms with Crippen molar-refractivity contribution in [2.24, 2.45) is 0 Å². The van der Waals surface area contributed by atoms with Crippen molar-refractivity contribution in [1.82, 2.24) is 19.7 Å². The number of nitrogens with zero attached hydrogens (tertiary/aromatic N) is 4. The number of rotatable bonds is 3. The van der Waals surface area contributed by atoms with E-state index >= 15 is 0 Å². The average Bonchev–Trinajstić information content (AvgIpc) is 3.24. The monoisotopic (exact) mass is 344 g/mol. The molecular weight excluding hydrogens is 332 g/mol. The molecule has 0 bridgehead atoms. The SMILES string of the molecule is Cc1sc2ncn(Cc3nc(-c4cccs4)no3)c(=O)c2c1C. The molecule has 0 unspecified atom stereocenters. The minimum atomic E-state index is -0.0762. The molecule has 0 radical (unpaired) electrons. The van der Waals surface area contributed by atoms with Gasteiger partial charge in [0, 0.05) is 4.88 Å². The summed E-state index contributed by atoms with van der Waals surface area (Å²) in [4.78, 5) is 24.2. The number of hydrogen-bond acceptors (Lipinski definition) is 7. The van der Waals surface area contributed by atoms with Gasteiger partial charge in [0.2, 0.25) is 11.7 Å². The Hall–Kier alpha value is -2.32. The van der Waals surface area contributed by atoms with Crippen LogP contribution in [-0.2, 0) is 6.54 Å². The fourth-order valence-corrected chi connectivity index (χ4v) is 3.99. The van der Waals surface area contributed by atoms with Crippen molar-refractivity contribution in [3.05, 3.63) is 50.5 Å². The third-order valence-corrected chi connectivity index (χ3v) is 5.65. The molecule has 23 heavy (non-hydrogen) atoms. The van der Waals surface area contributed by atoms with Crippen LogP contribution < -0.4 is 5.56 Å². The van der Waals surface area contributed by atoms with Crippen LogP contribution in [0, 0.1) is 13.8 Å². The number of fused-ring (bicyclic) bond motifs is 1. The first-order valence-electron chi connectivity index (χ1n) is 6.95. The van der Waals surface area contributed by atoms with Crippen molar-refractivity contribution in [3.63, 3.8) is 0 Å². The zero-order chi connectivity index (χ0) is 16.0. The molecule has 4 heterocycles. The van der Waals surface area contributed by atoms with E-state index in [9.17, 15) is 4.79 Å². The lowest BCUT2D eigenvalue weighted by molar-refractivity contribution is 0.370. The number of thiophene rings is 2. The Morgan fingerprint density at radius 3 is 3.00 bits per heavy atom. The van der Waals surface area contributed by atoms with Gasteiger partial charge in [-0.15, -0.1) is 22.7 Å². The molecule has 4 aromatic rings. The van der Waals surface area contributed by atoms with Crippen LogP contribution in [0.3, 0.4) is 0 Å². The van der Waals surface area contributed by atoms with Gasteiger partial charge in [-0.1, -0.05) is 11.2 Å². The highest BCUT2D eigenvalue weighted by atomic mass is 32.1. The van der Waals surface area contributed by atoms with Gasteiger partial charge in [-0.25, -0.2) is 4.98 Å². The lowest BCUT2D eigenvalue weighted by Gasteiger charge is -2.01. The third kappa shape index (κ3) is 2.40. The molecule has 0 N–H and O–H groups in total. The number of hydrogen-bond donors (Lipinski definition) is 0. The molecule has 116 valence electrons. The predicted molar refractivity (Wildman–Crippen MR) is 90.1 cm³/mol. The highest BCUT2D eigenvalue weighted by Gasteiger charge is 2.15. The Bertz CT molecular complexity index is 1040. The summed E-state index contributed by atoms with van der Waals surface area (Å²) in [5.41, 5.74) is 0.911. The van der Waals surface area contributed by atoms with Gasteiger partial charge in [0.25, 0.3) is 5.56 Å². The Morgan fingerprint density at radius 1 is 1.35 bits per heavy atom. The fraction of sp³-hybridized carbons (Fsp3) is 0.200. The van der Waals surface area contributed by atoms with Crippen molar-refractivity contribution in [1.29, 1.82) is 0 Å². The normalized spacial score (nSPS) is 11.4. The van der Waals surface area contributed by atoms with Gasteiger partial charge in [-0.05, 0) is 30.9 Å². The van der Waals surface area contributed by atoms with Gasteiger partial charge in [-0.2, -0.15) is 4.98 Å². The van der Waals surface area contributed by atoms with E-state index in [0.29, 0.717) is 17.1 Å². The topological polar surface area (TPSA) is 73.8 Å². The molecule has 4 aromatic heterocycles. The molecular formula is C15H12N4O2S2. The van der Waals surface area contributed by atoms with Crippen LogP contribution in [0.1, 0.15) is 16.3 Å². The van der Waals surface area contributed by atoms with Gasteiger partial charge in [0.05, 0.1) is 16.6 Å². The first-order valence-corrected chi connectivity index (χ1v) is 8.64. The van der Waals surface area contributed by atoms with Crippen molar-refractivity contribution in [2.45, 2.75) is 20.4 Å². The predicted octanol–water partition coefficient (Wildman–Crippen LogP) is 3.23. The molecule has 0 atom stereocenters. The standard InChI is InChI=1S/C15H12N4O2S2/c1-8-9(2)23-14-12(8)15(20)19(7-16-14)6-11-17-13(18-21-11)10-4-3-5-22-10/h3-5,7H,6H2,1-2H3. The summed E-state index contributed by atoms with van der Waals surface area (Å²) in [6, 6.07) is 3.86. The minimum absolute atomic E-state index is 0.0762. The van der Waals surface area contributed by atoms with Gasteiger partial charge in [0.15, 0.2) is 0 Å². The molecule has 4 rings (SSSR count). The Labute approximate surface area is 139 Å². The van der Waals surface area contributed by atoms with Crippen LogP contribution in [0.2, 0.25) is 0 Å². The fourth-order valence-electron chi connectivity index (χ4n) is 2.35. The smallest absolute Gasteiger partial charge is 0.262 e. The zero-order valence-electron chi connectivity index (χ0n) is 12.4. The minimum Gasteiger partial charge on any atom is -0.337 e. The second kappa shape index (κ2) is 5.39. The van der Waals surface area contributed by atoms with Gasteiger partial charge >= 0.3 is 0 Å². The summed E-state index contributed by atoms with van der Waals surface area (Å²) in [6.45, 7) is 4.16. The van der Waals surface area contributed by atoms with Crippen LogP contribution >= 0.6 is 22.7 Å². The van der Waals surface area contributed by atoms with Crippen molar-refractivity contribution in [3.8, 4) is 10.7 Å². The molecule has 0 spiro atoms. The van der Waals surface area contributed by atoms with Crippen LogP contribution in [0.4, 0.5) is 0 Å². The summed E-state index contributed by atoms with van der Waals surface area (Å²) in [5.74, 6) is 0.931. The van der Waals surface area contributed by atoms with Gasteiger partial charge in [0.1, 0.15) is 11.4 Å². The molecule has 0 aromatic carbocycles. The first kappa shape index (κ1) is 14.3. The molecule has 0 aliphatic rings. The van der Waals surface area contributed by atoms with Gasteiger partial charge < -0.3 is 4.52 Å². The lowest BCUT2D eigenvalue weighted by atomic mass is 10.2. The summed E-state index contributed by atoms with van der Waals surface area (Å²) in [7, 11) is 0. The van der Waals surface area contributed by atoms with E-state index in [1.807, 2.05) is 31.4 Å². The maximum absolute atomic E-state index is 12.6. The zero-order valence-corrected chi connectivity index (χ0v) is 14.1. The van der Waals surface area contributed by atoms with Gasteiger partial charge in [-0.3, -0.25) is 9.36 Å². The molecule has 0 aliphatic carbocycles. The molecule has 0 amide bonds. The summed E-state index contributed by atoms with van der Waals surface area (Å²) in [5, 5.41) is 6.59. The molecule has 0 aliphatic heterocycles. The van der Waals surface area contributed by atoms with E-state index in [-0.39, 0.29) is 12.1 Å². The Kier molecular flexibility index (Phi) is 3.35. The maximum Gasteiger partial charge on any atom is 0.262 e. The molecule has 8 heteroatoms. The second-order valence-electron chi connectivity index (χ2n) is 5.13. The van der Waals surface area contributed by atoms with Crippen LogP contribution in [0.5, 0.6) is 0 Å². The Balaban J connectivity index is 1.72. The largest absolute Gasteiger partial charge is 0.337 e. The number of aryl methyl sites for hydroxylation is 2. The molecule has 6 nitrogen and oxygen atoms in total. The van der Waals surface area contributed by atoms with E-state index in [4.69, 9.17) is 4.52 Å². The van der Waals surface area contributed by atoms with E-state index in [1.165, 1.54) is 22.2 Å². The van der Waals surface area contributed by atoms with E-state index in [2.05, 4.69) is 15.1 Å². The summed E-state index contributed by atoms with van der Waals surface area (Å²) in [6.07, 6.45) is 1.54. The van der Waals surface area contributed by atoms with Crippen LogP contribution in [0.25, 0.3) is 20.9 Å². The van der Waals surface area contributed by atoms with Crippen LogP contribution in [-0.4, -0.2) is 19.7 Å². The molecule has 0 saturated heterocycles. The Morgan fingerprint density at radius 2 is 2.22 bits per heavy atom. The van der Waals surface area contributed by atoms with Crippen molar-refractivity contribution < 1.29 is 4.52 Å². The van der Waals surface area contributed by atoms with E-state index in [1.54, 1.807) is 11.3 Å². The van der Waals surface area contributed by atoms with E-state index in [0.717, 1.165) is 20.1 Å². The maximum atomic E-state index is 12.6. The quantitative estimate of drug-likeness (QED) is 0.570. The lowest BCUT2D eigenvalue weighted by Crippen LogP contribution is -2.21. The highest BCUT2D eigenvalue weighted by Crippen LogP contribution is 2.25. The average molecular weight is 344 g/mol. The van der Waals surface area contributed by atoms with Crippen molar-refractivity contribution in [2.75, 3.05) is 0 Å². The second-order valence-corrected chi connectivity index (χ2v) is 7.28. The van der Waals surface area contributed by atoms with Crippen molar-refractivity contribution >= 4 is 32.9 Å². The number of aromatic nitrogens is 4. The summed E-state index contributed by atoms with van der Waals surface area (Å²) >= 11 is 3.08. The first-order chi connectivity index (χ1) is 11.1. The summed E-state index contributed by atoms with van der Waals surface area (Å²) < 4.78 is 6.76. The highest BCUT2D eigenvalue weighted by molar-refractivity contribution is 7.18. The van der Waals surface area contributed by atoms with E-state index < -0.39 is 0 Å².